The number of nitrogens with zero attached hydrogens (tertiary/aromatic N) is 1. The smallest absolute Gasteiger partial charge is 0.363 e. The number of rotatable bonds is 2. The Hall–Kier alpha value is -3.72. The summed E-state index contributed by atoms with van der Waals surface area (Å²) in [5.41, 5.74) is 3.24. The summed E-state index contributed by atoms with van der Waals surface area (Å²) in [5.74, 6) is -0.0756. The minimum absolute atomic E-state index is 0.317. The van der Waals surface area contributed by atoms with Gasteiger partial charge >= 0.3 is 5.97 Å². The first-order chi connectivity index (χ1) is 13.7. The second-order valence-corrected chi connectivity index (χ2v) is 6.93. The van der Waals surface area contributed by atoms with Gasteiger partial charge in [0.1, 0.15) is 0 Å². The predicted molar refractivity (Wildman–Crippen MR) is 113 cm³/mol. The Labute approximate surface area is 162 Å². The number of hydrogen-bond acceptors (Lipinski definition) is 3. The molecule has 0 spiro atoms. The second kappa shape index (κ2) is 6.46. The highest BCUT2D eigenvalue weighted by molar-refractivity contribution is 6.15. The third kappa shape index (κ3) is 2.78. The zero-order valence-electron chi connectivity index (χ0n) is 15.3. The summed E-state index contributed by atoms with van der Waals surface area (Å²) in [7, 11) is 0. The summed E-state index contributed by atoms with van der Waals surface area (Å²) < 4.78 is 5.44. The zero-order valence-corrected chi connectivity index (χ0v) is 15.3. The van der Waals surface area contributed by atoms with Crippen LogP contribution in [-0.4, -0.2) is 11.9 Å². The number of cyclic esters (lactones) is 1. The van der Waals surface area contributed by atoms with Gasteiger partial charge in [-0.15, -0.1) is 0 Å². The Kier molecular flexibility index (Phi) is 3.80. The van der Waals surface area contributed by atoms with Crippen molar-refractivity contribution in [2.75, 3.05) is 0 Å². The quantitative estimate of drug-likeness (QED) is 0.262. The number of carbonyl (C=O) groups excluding carboxylic acids is 1. The normalized spacial score (nSPS) is 15.2. The van der Waals surface area contributed by atoms with Crippen molar-refractivity contribution in [3.8, 4) is 0 Å². The van der Waals surface area contributed by atoms with E-state index in [9.17, 15) is 4.79 Å². The van der Waals surface area contributed by atoms with Crippen molar-refractivity contribution in [3.63, 3.8) is 0 Å². The summed E-state index contributed by atoms with van der Waals surface area (Å²) in [6.45, 7) is 2.02. The van der Waals surface area contributed by atoms with Gasteiger partial charge in [-0.05, 0) is 58.3 Å². The van der Waals surface area contributed by atoms with E-state index in [1.807, 2.05) is 61.5 Å². The zero-order chi connectivity index (χ0) is 19.1. The number of fused-ring (bicyclic) bond motifs is 2. The van der Waals surface area contributed by atoms with Gasteiger partial charge in [0.2, 0.25) is 5.90 Å². The van der Waals surface area contributed by atoms with Gasteiger partial charge in [-0.25, -0.2) is 9.79 Å². The summed E-state index contributed by atoms with van der Waals surface area (Å²) in [6.07, 6.45) is 1.84. The maximum atomic E-state index is 12.5. The molecule has 0 N–H and O–H groups in total. The summed E-state index contributed by atoms with van der Waals surface area (Å²) in [6, 6.07) is 26.3. The number of ether oxygens (including phenoxy) is 1. The van der Waals surface area contributed by atoms with E-state index in [1.54, 1.807) is 0 Å². The van der Waals surface area contributed by atoms with Gasteiger partial charge in [0, 0.05) is 5.56 Å². The predicted octanol–water partition coefficient (Wildman–Crippen LogP) is 5.65. The molecule has 0 amide bonds. The molecule has 0 aliphatic carbocycles. The van der Waals surface area contributed by atoms with Crippen molar-refractivity contribution in [2.24, 2.45) is 4.99 Å². The van der Waals surface area contributed by atoms with E-state index in [1.165, 1.54) is 0 Å². The summed E-state index contributed by atoms with van der Waals surface area (Å²) >= 11 is 0. The van der Waals surface area contributed by atoms with Gasteiger partial charge < -0.3 is 4.74 Å². The van der Waals surface area contributed by atoms with E-state index in [2.05, 4.69) is 35.3 Å². The largest absolute Gasteiger partial charge is 0.402 e. The lowest BCUT2D eigenvalue weighted by Crippen LogP contribution is -2.05. The van der Waals surface area contributed by atoms with Crippen LogP contribution < -0.4 is 0 Å². The standard InChI is InChI=1S/C25H17NO2/c1-16-10-12-17(13-11-16)24-26-23(25(27)28-24)15-22-20-8-4-2-6-18(20)14-19-7-3-5-9-21(19)22/h2-15H,1H3/b23-15+. The molecule has 1 heterocycles. The lowest BCUT2D eigenvalue weighted by Gasteiger charge is -2.08. The van der Waals surface area contributed by atoms with Crippen LogP contribution in [0.25, 0.3) is 27.6 Å². The molecule has 4 aromatic rings. The fraction of sp³-hybridized carbons (Fsp3) is 0.0400. The highest BCUT2D eigenvalue weighted by Gasteiger charge is 2.24. The molecule has 0 atom stereocenters. The van der Waals surface area contributed by atoms with Gasteiger partial charge in [-0.2, -0.15) is 0 Å². The first-order valence-corrected chi connectivity index (χ1v) is 9.19. The third-order valence-electron chi connectivity index (χ3n) is 5.01. The van der Waals surface area contributed by atoms with Gasteiger partial charge in [-0.1, -0.05) is 66.2 Å². The molecule has 4 aromatic carbocycles. The van der Waals surface area contributed by atoms with Crippen molar-refractivity contribution in [3.05, 3.63) is 101 Å². The number of benzene rings is 4. The molecule has 3 heteroatoms. The summed E-state index contributed by atoms with van der Waals surface area (Å²) in [4.78, 5) is 17.0. The Bertz CT molecular complexity index is 1240. The Morgan fingerprint density at radius 2 is 1.43 bits per heavy atom. The lowest BCUT2D eigenvalue weighted by molar-refractivity contribution is -0.129. The number of esters is 1. The maximum Gasteiger partial charge on any atom is 0.363 e. The molecule has 0 radical (unpaired) electrons. The van der Waals surface area contributed by atoms with E-state index in [0.29, 0.717) is 11.6 Å². The summed E-state index contributed by atoms with van der Waals surface area (Å²) in [5, 5.41) is 4.42. The molecular formula is C25H17NO2. The molecule has 0 bridgehead atoms. The van der Waals surface area contributed by atoms with Gasteiger partial charge in [0.15, 0.2) is 5.70 Å². The average molecular weight is 363 g/mol. The number of hydrogen-bond donors (Lipinski definition) is 0. The molecule has 28 heavy (non-hydrogen) atoms. The van der Waals surface area contributed by atoms with Crippen molar-refractivity contribution in [2.45, 2.75) is 6.92 Å². The molecule has 3 nitrogen and oxygen atoms in total. The molecule has 0 unspecified atom stereocenters. The molecule has 0 saturated carbocycles. The van der Waals surface area contributed by atoms with E-state index in [0.717, 1.165) is 38.2 Å². The van der Waals surface area contributed by atoms with E-state index in [4.69, 9.17) is 4.74 Å². The van der Waals surface area contributed by atoms with Crippen LogP contribution in [0.15, 0.2) is 89.6 Å². The van der Waals surface area contributed by atoms with Crippen molar-refractivity contribution < 1.29 is 9.53 Å². The molecular weight excluding hydrogens is 346 g/mol. The molecule has 1 aliphatic heterocycles. The van der Waals surface area contributed by atoms with Crippen molar-refractivity contribution in [1.29, 1.82) is 0 Å². The molecule has 1 aliphatic rings. The van der Waals surface area contributed by atoms with Gasteiger partial charge in [-0.3, -0.25) is 0 Å². The molecule has 0 aromatic heterocycles. The highest BCUT2D eigenvalue weighted by atomic mass is 16.6. The van der Waals surface area contributed by atoms with Crippen LogP contribution >= 0.6 is 0 Å². The van der Waals surface area contributed by atoms with Gasteiger partial charge in [0.05, 0.1) is 0 Å². The van der Waals surface area contributed by atoms with Crippen LogP contribution in [0.1, 0.15) is 16.7 Å². The monoisotopic (exact) mass is 363 g/mol. The molecule has 134 valence electrons. The highest BCUT2D eigenvalue weighted by Crippen LogP contribution is 2.31. The number of carbonyl (C=O) groups is 1. The van der Waals surface area contributed by atoms with Crippen molar-refractivity contribution >= 4 is 39.5 Å². The van der Waals surface area contributed by atoms with Crippen LogP contribution in [-0.2, 0) is 9.53 Å². The van der Waals surface area contributed by atoms with Crippen molar-refractivity contribution in [1.82, 2.24) is 0 Å². The first kappa shape index (κ1) is 16.5. The maximum absolute atomic E-state index is 12.5. The topological polar surface area (TPSA) is 38.7 Å². The Morgan fingerprint density at radius 3 is 2.07 bits per heavy atom. The number of aliphatic imine (C=N–C) groups is 1. The third-order valence-corrected chi connectivity index (χ3v) is 5.01. The molecule has 0 fully saturated rings. The SMILES string of the molecule is Cc1ccc(C2=N/C(=C/c3c4ccccc4cc4ccccc34)C(=O)O2)cc1. The fourth-order valence-electron chi connectivity index (χ4n) is 3.57. The van der Waals surface area contributed by atoms with E-state index in [-0.39, 0.29) is 0 Å². The minimum Gasteiger partial charge on any atom is -0.402 e. The number of aryl methyl sites for hydroxylation is 1. The Balaban J connectivity index is 1.70. The van der Waals surface area contributed by atoms with Crippen LogP contribution in [0.5, 0.6) is 0 Å². The Morgan fingerprint density at radius 1 is 0.821 bits per heavy atom. The lowest BCUT2D eigenvalue weighted by atomic mass is 9.96. The van der Waals surface area contributed by atoms with Crippen LogP contribution in [0.4, 0.5) is 0 Å². The van der Waals surface area contributed by atoms with Gasteiger partial charge in [0.25, 0.3) is 0 Å². The van der Waals surface area contributed by atoms with E-state index >= 15 is 0 Å². The van der Waals surface area contributed by atoms with E-state index < -0.39 is 5.97 Å². The molecule has 0 saturated heterocycles. The van der Waals surface area contributed by atoms with Crippen LogP contribution in [0, 0.1) is 6.92 Å². The molecule has 5 rings (SSSR count). The minimum atomic E-state index is -0.424. The first-order valence-electron chi connectivity index (χ1n) is 9.19. The second-order valence-electron chi connectivity index (χ2n) is 6.93. The van der Waals surface area contributed by atoms with Crippen LogP contribution in [0.3, 0.4) is 0 Å². The van der Waals surface area contributed by atoms with Crippen LogP contribution in [0.2, 0.25) is 0 Å². The fourth-order valence-corrected chi connectivity index (χ4v) is 3.57. The average Bonchev–Trinajstić information content (AvgIpc) is 3.08.